The summed E-state index contributed by atoms with van der Waals surface area (Å²) >= 11 is 0. The number of nitrogens with zero attached hydrogens (tertiary/aromatic N) is 1. The Bertz CT molecular complexity index is 238. The summed E-state index contributed by atoms with van der Waals surface area (Å²) in [5.74, 6) is 1.13. The minimum atomic E-state index is 0.551. The van der Waals surface area contributed by atoms with Crippen molar-refractivity contribution in [3.05, 3.63) is 17.5 Å². The third-order valence-electron chi connectivity index (χ3n) is 2.36. The van der Waals surface area contributed by atoms with Gasteiger partial charge in [-0.2, -0.15) is 5.10 Å². The van der Waals surface area contributed by atoms with Crippen LogP contribution in [0.5, 0.6) is 0 Å². The van der Waals surface area contributed by atoms with Gasteiger partial charge in [0, 0.05) is 5.69 Å². The fourth-order valence-corrected chi connectivity index (χ4v) is 1.11. The van der Waals surface area contributed by atoms with Gasteiger partial charge >= 0.3 is 0 Å². The first-order chi connectivity index (χ1) is 5.65. The Balaban J connectivity index is 2.77. The first-order valence-electron chi connectivity index (χ1n) is 4.70. The zero-order chi connectivity index (χ0) is 9.14. The number of aromatic amines is 1. The molecule has 0 saturated carbocycles. The van der Waals surface area contributed by atoms with Crippen molar-refractivity contribution in [2.24, 2.45) is 0 Å². The van der Waals surface area contributed by atoms with Crippen LogP contribution in [0.3, 0.4) is 0 Å². The minimum Gasteiger partial charge on any atom is -0.282 e. The predicted molar refractivity (Wildman–Crippen MR) is 51.4 cm³/mol. The quantitative estimate of drug-likeness (QED) is 0.734. The first-order valence-corrected chi connectivity index (χ1v) is 4.70. The number of hydrogen-bond donors (Lipinski definition) is 1. The Morgan fingerprint density at radius 3 is 2.50 bits per heavy atom. The zero-order valence-corrected chi connectivity index (χ0v) is 8.39. The average Bonchev–Trinajstić information content (AvgIpc) is 2.51. The molecule has 1 N–H and O–H groups in total. The van der Waals surface area contributed by atoms with Crippen LogP contribution in [-0.2, 0) is 0 Å². The topological polar surface area (TPSA) is 28.7 Å². The standard InChI is InChI=1S/C10H18N2/c1-5-8(4)10-6-9(7(2)3)11-12-10/h6-8H,5H2,1-4H3,(H,11,12). The molecule has 0 bridgehead atoms. The van der Waals surface area contributed by atoms with Gasteiger partial charge in [0.1, 0.15) is 0 Å². The van der Waals surface area contributed by atoms with Gasteiger partial charge in [-0.15, -0.1) is 0 Å². The second kappa shape index (κ2) is 3.74. The van der Waals surface area contributed by atoms with Crippen LogP contribution in [0, 0.1) is 0 Å². The molecule has 2 heteroatoms. The summed E-state index contributed by atoms with van der Waals surface area (Å²) in [6, 6.07) is 2.18. The highest BCUT2D eigenvalue weighted by atomic mass is 15.1. The van der Waals surface area contributed by atoms with E-state index in [-0.39, 0.29) is 0 Å². The van der Waals surface area contributed by atoms with E-state index in [0.29, 0.717) is 11.8 Å². The maximum absolute atomic E-state index is 4.28. The molecule has 12 heavy (non-hydrogen) atoms. The van der Waals surface area contributed by atoms with E-state index < -0.39 is 0 Å². The largest absolute Gasteiger partial charge is 0.282 e. The fourth-order valence-electron chi connectivity index (χ4n) is 1.11. The van der Waals surface area contributed by atoms with Crippen molar-refractivity contribution in [2.45, 2.75) is 46.0 Å². The molecular weight excluding hydrogens is 148 g/mol. The summed E-state index contributed by atoms with van der Waals surface area (Å²) in [6.45, 7) is 8.75. The normalized spacial score (nSPS) is 13.8. The molecule has 1 rings (SSSR count). The number of H-pyrrole nitrogens is 1. The number of hydrogen-bond acceptors (Lipinski definition) is 1. The molecule has 68 valence electrons. The van der Waals surface area contributed by atoms with Gasteiger partial charge in [0.05, 0.1) is 5.69 Å². The van der Waals surface area contributed by atoms with E-state index in [1.807, 2.05) is 0 Å². The lowest BCUT2D eigenvalue weighted by Gasteiger charge is -2.01. The van der Waals surface area contributed by atoms with Crippen LogP contribution in [0.4, 0.5) is 0 Å². The smallest absolute Gasteiger partial charge is 0.0653 e. The SMILES string of the molecule is CCC(C)c1cc(C(C)C)[nH]n1. The highest BCUT2D eigenvalue weighted by Gasteiger charge is 2.08. The Kier molecular flexibility index (Phi) is 2.90. The van der Waals surface area contributed by atoms with Crippen LogP contribution in [0.2, 0.25) is 0 Å². The minimum absolute atomic E-state index is 0.551. The summed E-state index contributed by atoms with van der Waals surface area (Å²) in [4.78, 5) is 0. The molecule has 0 aliphatic carbocycles. The molecular formula is C10H18N2. The van der Waals surface area contributed by atoms with Crippen molar-refractivity contribution < 1.29 is 0 Å². The van der Waals surface area contributed by atoms with E-state index in [0.717, 1.165) is 6.42 Å². The maximum atomic E-state index is 4.28. The summed E-state index contributed by atoms with van der Waals surface area (Å²) < 4.78 is 0. The Hall–Kier alpha value is -0.790. The van der Waals surface area contributed by atoms with Crippen molar-refractivity contribution in [3.8, 4) is 0 Å². The van der Waals surface area contributed by atoms with Gasteiger partial charge in [0.25, 0.3) is 0 Å². The molecule has 1 aromatic rings. The lowest BCUT2D eigenvalue weighted by atomic mass is 10.0. The molecule has 0 spiro atoms. The van der Waals surface area contributed by atoms with Gasteiger partial charge in [0.15, 0.2) is 0 Å². The highest BCUT2D eigenvalue weighted by Crippen LogP contribution is 2.19. The Morgan fingerprint density at radius 1 is 1.42 bits per heavy atom. The van der Waals surface area contributed by atoms with E-state index in [1.165, 1.54) is 11.4 Å². The van der Waals surface area contributed by atoms with Gasteiger partial charge < -0.3 is 0 Å². The summed E-state index contributed by atoms with van der Waals surface area (Å²) in [7, 11) is 0. The molecule has 0 aromatic carbocycles. The van der Waals surface area contributed by atoms with Gasteiger partial charge in [-0.3, -0.25) is 5.10 Å². The molecule has 0 amide bonds. The molecule has 0 aliphatic rings. The molecule has 2 nitrogen and oxygen atoms in total. The van der Waals surface area contributed by atoms with E-state index in [9.17, 15) is 0 Å². The van der Waals surface area contributed by atoms with Crippen LogP contribution in [0.1, 0.15) is 57.3 Å². The average molecular weight is 166 g/mol. The van der Waals surface area contributed by atoms with Crippen LogP contribution in [0.15, 0.2) is 6.07 Å². The lowest BCUT2D eigenvalue weighted by molar-refractivity contribution is 0.702. The van der Waals surface area contributed by atoms with E-state index in [1.54, 1.807) is 0 Å². The predicted octanol–water partition coefficient (Wildman–Crippen LogP) is 3.05. The molecule has 1 atom stereocenters. The lowest BCUT2D eigenvalue weighted by Crippen LogP contribution is -1.90. The second-order valence-corrected chi connectivity index (χ2v) is 3.71. The number of nitrogens with one attached hydrogen (secondary N) is 1. The number of rotatable bonds is 3. The van der Waals surface area contributed by atoms with Crippen molar-refractivity contribution in [3.63, 3.8) is 0 Å². The van der Waals surface area contributed by atoms with Gasteiger partial charge in [-0.1, -0.05) is 27.7 Å². The maximum Gasteiger partial charge on any atom is 0.0653 e. The van der Waals surface area contributed by atoms with Gasteiger partial charge in [-0.05, 0) is 24.3 Å². The summed E-state index contributed by atoms with van der Waals surface area (Å²) in [6.07, 6.45) is 1.16. The van der Waals surface area contributed by atoms with Gasteiger partial charge in [0.2, 0.25) is 0 Å². The molecule has 0 radical (unpaired) electrons. The van der Waals surface area contributed by atoms with Crippen molar-refractivity contribution in [1.82, 2.24) is 10.2 Å². The summed E-state index contributed by atoms with van der Waals surface area (Å²) in [5, 5.41) is 7.35. The highest BCUT2D eigenvalue weighted by molar-refractivity contribution is 5.14. The number of aromatic nitrogens is 2. The third kappa shape index (κ3) is 1.87. The van der Waals surface area contributed by atoms with Crippen molar-refractivity contribution in [2.75, 3.05) is 0 Å². The van der Waals surface area contributed by atoms with Crippen molar-refractivity contribution in [1.29, 1.82) is 0 Å². The van der Waals surface area contributed by atoms with E-state index in [2.05, 4.69) is 44.0 Å². The van der Waals surface area contributed by atoms with E-state index >= 15 is 0 Å². The molecule has 1 aromatic heterocycles. The van der Waals surface area contributed by atoms with Crippen LogP contribution in [-0.4, -0.2) is 10.2 Å². The molecule has 1 heterocycles. The first kappa shape index (κ1) is 9.30. The van der Waals surface area contributed by atoms with Crippen LogP contribution >= 0.6 is 0 Å². The van der Waals surface area contributed by atoms with E-state index in [4.69, 9.17) is 0 Å². The second-order valence-electron chi connectivity index (χ2n) is 3.71. The third-order valence-corrected chi connectivity index (χ3v) is 2.36. The molecule has 0 aliphatic heterocycles. The zero-order valence-electron chi connectivity index (χ0n) is 8.39. The monoisotopic (exact) mass is 166 g/mol. The van der Waals surface area contributed by atoms with Gasteiger partial charge in [-0.25, -0.2) is 0 Å². The molecule has 0 saturated heterocycles. The Labute approximate surface area is 74.4 Å². The Morgan fingerprint density at radius 2 is 2.08 bits per heavy atom. The fraction of sp³-hybridized carbons (Fsp3) is 0.700. The van der Waals surface area contributed by atoms with Crippen LogP contribution < -0.4 is 0 Å². The molecule has 1 unspecified atom stereocenters. The molecule has 0 fully saturated rings. The summed E-state index contributed by atoms with van der Waals surface area (Å²) in [5.41, 5.74) is 2.44. The van der Waals surface area contributed by atoms with Crippen LogP contribution in [0.25, 0.3) is 0 Å². The van der Waals surface area contributed by atoms with Crippen molar-refractivity contribution >= 4 is 0 Å².